The van der Waals surface area contributed by atoms with Crippen LogP contribution in [0.2, 0.25) is 0 Å². The minimum atomic E-state index is -3.76. The normalized spacial score (nSPS) is 11.2. The van der Waals surface area contributed by atoms with E-state index < -0.39 is 16.1 Å². The predicted octanol–water partition coefficient (Wildman–Crippen LogP) is -0.239. The summed E-state index contributed by atoms with van der Waals surface area (Å²) in [6, 6.07) is 4.78. The van der Waals surface area contributed by atoms with Gasteiger partial charge in [0, 0.05) is 12.7 Å². The van der Waals surface area contributed by atoms with Crippen molar-refractivity contribution in [3.05, 3.63) is 36.7 Å². The molecular formula is C11H16N6O3S. The van der Waals surface area contributed by atoms with Crippen LogP contribution in [0.1, 0.15) is 0 Å². The molecule has 0 saturated heterocycles. The van der Waals surface area contributed by atoms with E-state index in [2.05, 4.69) is 22.2 Å². The van der Waals surface area contributed by atoms with E-state index in [1.54, 1.807) is 7.05 Å². The Hall–Kier alpha value is -2.43. The molecule has 1 aromatic rings. The molecule has 0 bridgehead atoms. The van der Waals surface area contributed by atoms with Crippen molar-refractivity contribution in [2.45, 2.75) is 4.90 Å². The van der Waals surface area contributed by atoms with Crippen LogP contribution in [0.3, 0.4) is 0 Å². The maximum atomic E-state index is 11.6. The Morgan fingerprint density at radius 2 is 1.95 bits per heavy atom. The molecule has 0 aliphatic carbocycles. The number of primary sulfonamides is 1. The monoisotopic (exact) mass is 312 g/mol. The number of benzene rings is 1. The summed E-state index contributed by atoms with van der Waals surface area (Å²) < 4.78 is 22.2. The number of amides is 2. The Morgan fingerprint density at radius 1 is 1.38 bits per heavy atom. The fraction of sp³-hybridized carbons (Fsp3) is 0.0909. The molecule has 0 aromatic heterocycles. The largest absolute Gasteiger partial charge is 0.324 e. The first kappa shape index (κ1) is 16.6. The van der Waals surface area contributed by atoms with Gasteiger partial charge < -0.3 is 10.3 Å². The highest BCUT2D eigenvalue weighted by Gasteiger charge is 2.08. The van der Waals surface area contributed by atoms with E-state index in [0.29, 0.717) is 5.69 Å². The van der Waals surface area contributed by atoms with Crippen molar-refractivity contribution in [1.82, 2.24) is 10.3 Å². The van der Waals surface area contributed by atoms with E-state index in [1.807, 2.05) is 0 Å². The summed E-state index contributed by atoms with van der Waals surface area (Å²) in [4.78, 5) is 15.3. The van der Waals surface area contributed by atoms with Crippen LogP contribution >= 0.6 is 0 Å². The van der Waals surface area contributed by atoms with Crippen molar-refractivity contribution in [1.29, 1.82) is 0 Å². The van der Waals surface area contributed by atoms with Gasteiger partial charge in [0.05, 0.1) is 4.90 Å². The number of hydrogen-bond acceptors (Lipinski definition) is 5. The smallest absolute Gasteiger partial charge is 0.308 e. The number of carbonyl (C=O) groups excluding carboxylic acids is 1. The van der Waals surface area contributed by atoms with Gasteiger partial charge in [-0.15, -0.1) is 0 Å². The molecule has 0 heterocycles. The van der Waals surface area contributed by atoms with E-state index in [4.69, 9.17) is 11.0 Å². The van der Waals surface area contributed by atoms with Gasteiger partial charge in [0.25, 0.3) is 0 Å². The summed E-state index contributed by atoms with van der Waals surface area (Å²) in [5.41, 5.74) is 0.382. The maximum Gasteiger partial charge on any atom is 0.324 e. The number of nitrogens with two attached hydrogens (primary N) is 2. The first-order chi connectivity index (χ1) is 9.68. The summed E-state index contributed by atoms with van der Waals surface area (Å²) >= 11 is 0. The summed E-state index contributed by atoms with van der Waals surface area (Å²) in [6.07, 6.45) is 1.27. The van der Waals surface area contributed by atoms with Gasteiger partial charge in [-0.1, -0.05) is 6.58 Å². The van der Waals surface area contributed by atoms with Crippen LogP contribution in [0.25, 0.3) is 0 Å². The highest BCUT2D eigenvalue weighted by Crippen LogP contribution is 2.12. The van der Waals surface area contributed by atoms with Crippen LogP contribution in [0.15, 0.2) is 46.6 Å². The number of rotatable bonds is 5. The molecule has 10 heteroatoms. The highest BCUT2D eigenvalue weighted by atomic mass is 32.2. The average molecular weight is 312 g/mol. The zero-order valence-electron chi connectivity index (χ0n) is 11.3. The lowest BCUT2D eigenvalue weighted by Gasteiger charge is -2.08. The maximum absolute atomic E-state index is 11.6. The molecular weight excluding hydrogens is 296 g/mol. The Bertz CT molecular complexity index is 651. The molecule has 21 heavy (non-hydrogen) atoms. The van der Waals surface area contributed by atoms with Gasteiger partial charge in [-0.2, -0.15) is 0 Å². The minimum absolute atomic E-state index is 0.0477. The van der Waals surface area contributed by atoms with Gasteiger partial charge in [0.1, 0.15) is 12.2 Å². The van der Waals surface area contributed by atoms with E-state index in [-0.39, 0.29) is 10.7 Å². The van der Waals surface area contributed by atoms with Crippen molar-refractivity contribution in [2.75, 3.05) is 12.4 Å². The second-order valence-corrected chi connectivity index (χ2v) is 5.57. The lowest BCUT2D eigenvalue weighted by molar-refractivity contribution is 0.254. The van der Waals surface area contributed by atoms with Gasteiger partial charge in [-0.25, -0.2) is 29.2 Å². The molecule has 2 amide bonds. The molecule has 0 unspecified atom stereocenters. The highest BCUT2D eigenvalue weighted by molar-refractivity contribution is 7.89. The number of aliphatic imine (C=N–C) groups is 1. The fourth-order valence-corrected chi connectivity index (χ4v) is 1.73. The van der Waals surface area contributed by atoms with Gasteiger partial charge in [0.2, 0.25) is 10.0 Å². The number of sulfonamides is 1. The molecule has 0 atom stereocenters. The summed E-state index contributed by atoms with van der Waals surface area (Å²) in [7, 11) is -2.20. The van der Waals surface area contributed by atoms with Crippen LogP contribution in [0.5, 0.6) is 0 Å². The van der Waals surface area contributed by atoms with Crippen molar-refractivity contribution in [2.24, 2.45) is 16.0 Å². The Morgan fingerprint density at radius 3 is 2.43 bits per heavy atom. The van der Waals surface area contributed by atoms with Gasteiger partial charge >= 0.3 is 6.03 Å². The van der Waals surface area contributed by atoms with Crippen LogP contribution < -0.4 is 21.6 Å². The lowest BCUT2D eigenvalue weighted by atomic mass is 10.3. The summed E-state index contributed by atoms with van der Waals surface area (Å²) in [5.74, 6) is 5.39. The fourth-order valence-electron chi connectivity index (χ4n) is 1.21. The first-order valence-electron chi connectivity index (χ1n) is 5.60. The van der Waals surface area contributed by atoms with Crippen molar-refractivity contribution in [3.63, 3.8) is 0 Å². The van der Waals surface area contributed by atoms with Crippen LogP contribution in [0.4, 0.5) is 10.5 Å². The molecule has 0 radical (unpaired) electrons. The van der Waals surface area contributed by atoms with Crippen molar-refractivity contribution < 1.29 is 13.2 Å². The Labute approximate surface area is 122 Å². The molecule has 6 N–H and O–H groups in total. The van der Waals surface area contributed by atoms with Gasteiger partial charge in [0.15, 0.2) is 0 Å². The second-order valence-electron chi connectivity index (χ2n) is 4.01. The van der Waals surface area contributed by atoms with E-state index in [9.17, 15) is 13.2 Å². The molecule has 1 aromatic carbocycles. The van der Waals surface area contributed by atoms with E-state index >= 15 is 0 Å². The molecule has 9 nitrogen and oxygen atoms in total. The standard InChI is InChI=1S/C11H16N6O3S/c1-8(14-7-17(2)12)15-11(18)16-9-3-5-10(6-4-9)21(13,19)20/h3-7H,1,12H2,2H3,(H2,13,19,20)(H2,15,16,18)/b14-7-. The Kier molecular flexibility index (Phi) is 5.41. The first-order valence-corrected chi connectivity index (χ1v) is 7.14. The second kappa shape index (κ2) is 6.83. The van der Waals surface area contributed by atoms with Gasteiger partial charge in [-0.05, 0) is 24.3 Å². The van der Waals surface area contributed by atoms with E-state index in [0.717, 1.165) is 0 Å². The molecule has 1 rings (SSSR count). The molecule has 0 aliphatic rings. The number of urea groups is 1. The molecule has 0 spiro atoms. The number of anilines is 1. The molecule has 114 valence electrons. The summed E-state index contributed by atoms with van der Waals surface area (Å²) in [6.45, 7) is 3.51. The third-order valence-electron chi connectivity index (χ3n) is 2.09. The number of nitrogens with zero attached hydrogens (tertiary/aromatic N) is 2. The molecule has 0 fully saturated rings. The zero-order chi connectivity index (χ0) is 16.0. The molecule has 0 aliphatic heterocycles. The van der Waals surface area contributed by atoms with E-state index in [1.165, 1.54) is 35.6 Å². The topological polar surface area (TPSA) is 143 Å². The number of carbonyl (C=O) groups is 1. The average Bonchev–Trinajstić information content (AvgIpc) is 2.35. The quantitative estimate of drug-likeness (QED) is 0.257. The summed E-state index contributed by atoms with van der Waals surface area (Å²) in [5, 5.41) is 11.0. The zero-order valence-corrected chi connectivity index (χ0v) is 12.1. The van der Waals surface area contributed by atoms with Crippen LogP contribution in [0, 0.1) is 0 Å². The third-order valence-corrected chi connectivity index (χ3v) is 3.02. The third kappa shape index (κ3) is 6.03. The van der Waals surface area contributed by atoms with Gasteiger partial charge in [-0.3, -0.25) is 5.32 Å². The number of hydrazine groups is 1. The number of nitrogens with one attached hydrogen (secondary N) is 2. The SMILES string of the molecule is C=C(/N=C\N(C)N)NC(=O)Nc1ccc(S(N)(=O)=O)cc1. The van der Waals surface area contributed by atoms with Crippen molar-refractivity contribution >= 4 is 28.1 Å². The van der Waals surface area contributed by atoms with Crippen LogP contribution in [-0.2, 0) is 10.0 Å². The Balaban J connectivity index is 2.61. The number of hydrogen-bond donors (Lipinski definition) is 4. The van der Waals surface area contributed by atoms with Crippen LogP contribution in [-0.4, -0.2) is 32.8 Å². The lowest BCUT2D eigenvalue weighted by Crippen LogP contribution is -2.28. The predicted molar refractivity (Wildman–Crippen MR) is 79.6 cm³/mol. The minimum Gasteiger partial charge on any atom is -0.308 e. The molecule has 0 saturated carbocycles. The van der Waals surface area contributed by atoms with Crippen molar-refractivity contribution in [3.8, 4) is 0 Å².